The maximum Gasteiger partial charge on any atom is 0.125 e. The molecule has 1 aromatic heterocycles. The van der Waals surface area contributed by atoms with Crippen LogP contribution in [0.15, 0.2) is 23.0 Å². The fraction of sp³-hybridized carbons (Fsp3) is 0.438. The SMILES string of the molecule is Cc1cc(-c2cscn2)cc(C)c1OC1CCCC1. The predicted octanol–water partition coefficient (Wildman–Crippen LogP) is 4.75. The number of ether oxygens (including phenoxy) is 1. The van der Waals surface area contributed by atoms with Gasteiger partial charge in [-0.3, -0.25) is 0 Å². The molecular weight excluding hydrogens is 254 g/mol. The molecule has 0 bridgehead atoms. The van der Waals surface area contributed by atoms with Gasteiger partial charge in [0.2, 0.25) is 0 Å². The van der Waals surface area contributed by atoms with E-state index in [0.29, 0.717) is 6.10 Å². The average molecular weight is 273 g/mol. The summed E-state index contributed by atoms with van der Waals surface area (Å²) in [7, 11) is 0. The van der Waals surface area contributed by atoms with Gasteiger partial charge in [-0.05, 0) is 62.8 Å². The Labute approximate surface area is 118 Å². The predicted molar refractivity (Wildman–Crippen MR) is 79.9 cm³/mol. The summed E-state index contributed by atoms with van der Waals surface area (Å²) in [5.74, 6) is 1.07. The van der Waals surface area contributed by atoms with Crippen LogP contribution in [0.1, 0.15) is 36.8 Å². The molecule has 0 aliphatic heterocycles. The van der Waals surface area contributed by atoms with Gasteiger partial charge in [0.25, 0.3) is 0 Å². The topological polar surface area (TPSA) is 22.1 Å². The van der Waals surface area contributed by atoms with Gasteiger partial charge in [0, 0.05) is 10.9 Å². The molecule has 1 aliphatic carbocycles. The summed E-state index contributed by atoms with van der Waals surface area (Å²) in [6.07, 6.45) is 5.43. The van der Waals surface area contributed by atoms with Crippen molar-refractivity contribution in [3.63, 3.8) is 0 Å². The van der Waals surface area contributed by atoms with E-state index in [-0.39, 0.29) is 0 Å². The summed E-state index contributed by atoms with van der Waals surface area (Å²) in [5, 5.41) is 2.09. The second-order valence-electron chi connectivity index (χ2n) is 5.34. The Bertz CT molecular complexity index is 533. The number of thiazole rings is 1. The normalized spacial score (nSPS) is 15.9. The number of aryl methyl sites for hydroxylation is 2. The maximum atomic E-state index is 6.19. The van der Waals surface area contributed by atoms with Gasteiger partial charge in [0.05, 0.1) is 17.3 Å². The van der Waals surface area contributed by atoms with Gasteiger partial charge in [-0.25, -0.2) is 4.98 Å². The van der Waals surface area contributed by atoms with Crippen molar-refractivity contribution < 1.29 is 4.74 Å². The van der Waals surface area contributed by atoms with E-state index in [1.165, 1.54) is 42.4 Å². The molecule has 1 heterocycles. The Hall–Kier alpha value is -1.35. The van der Waals surface area contributed by atoms with Crippen molar-refractivity contribution in [1.82, 2.24) is 4.98 Å². The molecule has 0 atom stereocenters. The van der Waals surface area contributed by atoms with Gasteiger partial charge < -0.3 is 4.74 Å². The molecule has 2 nitrogen and oxygen atoms in total. The minimum atomic E-state index is 0.419. The van der Waals surface area contributed by atoms with Crippen molar-refractivity contribution in [1.29, 1.82) is 0 Å². The highest BCUT2D eigenvalue weighted by molar-refractivity contribution is 7.07. The van der Waals surface area contributed by atoms with E-state index in [4.69, 9.17) is 4.74 Å². The van der Waals surface area contributed by atoms with Gasteiger partial charge >= 0.3 is 0 Å². The van der Waals surface area contributed by atoms with Gasteiger partial charge in [0.1, 0.15) is 5.75 Å². The van der Waals surface area contributed by atoms with Crippen LogP contribution in [0.3, 0.4) is 0 Å². The van der Waals surface area contributed by atoms with Crippen molar-refractivity contribution >= 4 is 11.3 Å². The number of benzene rings is 1. The zero-order valence-corrected chi connectivity index (χ0v) is 12.3. The van der Waals surface area contributed by atoms with Crippen molar-refractivity contribution in [3.8, 4) is 17.0 Å². The van der Waals surface area contributed by atoms with Crippen LogP contribution in [0.2, 0.25) is 0 Å². The van der Waals surface area contributed by atoms with E-state index in [9.17, 15) is 0 Å². The quantitative estimate of drug-likeness (QED) is 0.805. The third-order valence-corrected chi connectivity index (χ3v) is 4.36. The minimum absolute atomic E-state index is 0.419. The lowest BCUT2D eigenvalue weighted by atomic mass is 10.0. The highest BCUT2D eigenvalue weighted by atomic mass is 32.1. The molecule has 1 saturated carbocycles. The Kier molecular flexibility index (Phi) is 3.56. The van der Waals surface area contributed by atoms with Crippen molar-refractivity contribution in [2.24, 2.45) is 0 Å². The first-order chi connectivity index (χ1) is 9.24. The monoisotopic (exact) mass is 273 g/mol. The Morgan fingerprint density at radius 2 is 1.84 bits per heavy atom. The number of rotatable bonds is 3. The average Bonchev–Trinajstić information content (AvgIpc) is 3.06. The second-order valence-corrected chi connectivity index (χ2v) is 6.06. The first-order valence-corrected chi connectivity index (χ1v) is 7.85. The summed E-state index contributed by atoms with van der Waals surface area (Å²) in [6, 6.07) is 4.37. The molecule has 3 heteroatoms. The van der Waals surface area contributed by atoms with E-state index in [1.807, 2.05) is 5.51 Å². The van der Waals surface area contributed by atoms with Crippen LogP contribution in [0.25, 0.3) is 11.3 Å². The molecule has 0 saturated heterocycles. The zero-order valence-electron chi connectivity index (χ0n) is 11.5. The van der Waals surface area contributed by atoms with E-state index in [2.05, 4.69) is 36.3 Å². The van der Waals surface area contributed by atoms with Crippen LogP contribution in [-0.2, 0) is 0 Å². The lowest BCUT2D eigenvalue weighted by molar-refractivity contribution is 0.207. The molecule has 0 N–H and O–H groups in total. The molecule has 100 valence electrons. The van der Waals surface area contributed by atoms with Crippen LogP contribution >= 0.6 is 11.3 Å². The van der Waals surface area contributed by atoms with Gasteiger partial charge in [0.15, 0.2) is 0 Å². The maximum absolute atomic E-state index is 6.19. The molecule has 1 fully saturated rings. The molecule has 0 amide bonds. The fourth-order valence-corrected chi connectivity index (χ4v) is 3.37. The summed E-state index contributed by atoms with van der Waals surface area (Å²) in [4.78, 5) is 4.38. The summed E-state index contributed by atoms with van der Waals surface area (Å²) >= 11 is 1.63. The lowest BCUT2D eigenvalue weighted by Crippen LogP contribution is -2.12. The van der Waals surface area contributed by atoms with Gasteiger partial charge in [-0.2, -0.15) is 0 Å². The van der Waals surface area contributed by atoms with Crippen LogP contribution in [0.5, 0.6) is 5.75 Å². The largest absolute Gasteiger partial charge is 0.490 e. The Morgan fingerprint density at radius 1 is 1.16 bits per heavy atom. The highest BCUT2D eigenvalue weighted by Crippen LogP contribution is 2.33. The summed E-state index contributed by atoms with van der Waals surface area (Å²) < 4.78 is 6.19. The van der Waals surface area contributed by atoms with E-state index in [0.717, 1.165) is 11.4 Å². The molecule has 3 rings (SSSR count). The van der Waals surface area contributed by atoms with Crippen LogP contribution in [0.4, 0.5) is 0 Å². The number of nitrogens with zero attached hydrogens (tertiary/aromatic N) is 1. The standard InChI is InChI=1S/C16H19NOS/c1-11-7-13(15-9-19-10-17-15)8-12(2)16(11)18-14-5-3-4-6-14/h7-10,14H,3-6H2,1-2H3. The highest BCUT2D eigenvalue weighted by Gasteiger charge is 2.18. The molecular formula is C16H19NOS. The van der Waals surface area contributed by atoms with Crippen LogP contribution in [0, 0.1) is 13.8 Å². The van der Waals surface area contributed by atoms with E-state index < -0.39 is 0 Å². The molecule has 1 aliphatic rings. The summed E-state index contributed by atoms with van der Waals surface area (Å²) in [5.41, 5.74) is 6.56. The van der Waals surface area contributed by atoms with Crippen molar-refractivity contribution in [2.75, 3.05) is 0 Å². The minimum Gasteiger partial charge on any atom is -0.490 e. The fourth-order valence-electron chi connectivity index (χ4n) is 2.81. The van der Waals surface area contributed by atoms with Crippen molar-refractivity contribution in [3.05, 3.63) is 34.2 Å². The third-order valence-electron chi connectivity index (χ3n) is 3.78. The Morgan fingerprint density at radius 3 is 2.42 bits per heavy atom. The van der Waals surface area contributed by atoms with Gasteiger partial charge in [-0.15, -0.1) is 11.3 Å². The number of hydrogen-bond acceptors (Lipinski definition) is 3. The first kappa shape index (κ1) is 12.7. The van der Waals surface area contributed by atoms with Crippen molar-refractivity contribution in [2.45, 2.75) is 45.6 Å². The van der Waals surface area contributed by atoms with Gasteiger partial charge in [-0.1, -0.05) is 0 Å². The molecule has 0 unspecified atom stereocenters. The molecule has 2 aromatic rings. The number of hydrogen-bond donors (Lipinski definition) is 0. The first-order valence-electron chi connectivity index (χ1n) is 6.90. The summed E-state index contributed by atoms with van der Waals surface area (Å²) in [6.45, 7) is 4.26. The molecule has 0 radical (unpaired) electrons. The zero-order chi connectivity index (χ0) is 13.2. The van der Waals surface area contributed by atoms with E-state index in [1.54, 1.807) is 11.3 Å². The van der Waals surface area contributed by atoms with E-state index >= 15 is 0 Å². The smallest absolute Gasteiger partial charge is 0.125 e. The second kappa shape index (κ2) is 5.33. The van der Waals surface area contributed by atoms with Crippen LogP contribution in [-0.4, -0.2) is 11.1 Å². The molecule has 1 aromatic carbocycles. The molecule has 0 spiro atoms. The molecule has 19 heavy (non-hydrogen) atoms. The van der Waals surface area contributed by atoms with Crippen LogP contribution < -0.4 is 4.74 Å². The number of aromatic nitrogens is 1. The lowest BCUT2D eigenvalue weighted by Gasteiger charge is -2.18. The third kappa shape index (κ3) is 2.66. The Balaban J connectivity index is 1.89.